The fourth-order valence-corrected chi connectivity index (χ4v) is 3.81. The molecule has 36 heavy (non-hydrogen) atoms. The molecule has 0 saturated carbocycles. The van der Waals surface area contributed by atoms with Crippen LogP contribution >= 0.6 is 0 Å². The molecule has 0 radical (unpaired) electrons. The summed E-state index contributed by atoms with van der Waals surface area (Å²) in [6.07, 6.45) is 0. The van der Waals surface area contributed by atoms with E-state index in [-0.39, 0.29) is 33.8 Å². The Morgan fingerprint density at radius 2 is 0.833 bits per heavy atom. The summed E-state index contributed by atoms with van der Waals surface area (Å²) in [6.45, 7) is 0. The minimum atomic E-state index is -1.93. The first-order valence-corrected chi connectivity index (χ1v) is 10.2. The van der Waals surface area contributed by atoms with E-state index in [1.807, 2.05) is 0 Å². The summed E-state index contributed by atoms with van der Waals surface area (Å²) >= 11 is 0. The summed E-state index contributed by atoms with van der Waals surface area (Å²) in [5.74, 6) is -13.9. The Balaban J connectivity index is 1.48. The van der Waals surface area contributed by atoms with Gasteiger partial charge in [-0.3, -0.25) is 29.0 Å². The van der Waals surface area contributed by atoms with E-state index in [0.29, 0.717) is 0 Å². The molecule has 0 spiro atoms. The first-order chi connectivity index (χ1) is 17.0. The lowest BCUT2D eigenvalue weighted by Crippen LogP contribution is -2.24. The fourth-order valence-electron chi connectivity index (χ4n) is 3.81. The van der Waals surface area contributed by atoms with Crippen LogP contribution in [0.5, 0.6) is 23.0 Å². The summed E-state index contributed by atoms with van der Waals surface area (Å²) in [6, 6.07) is 6.57. The van der Waals surface area contributed by atoms with Crippen LogP contribution in [0, 0.1) is 23.3 Å². The third-order valence-electron chi connectivity index (χ3n) is 5.74. The lowest BCUT2D eigenvalue weighted by atomic mass is 10.1. The van der Waals surface area contributed by atoms with Crippen LogP contribution < -0.4 is 9.47 Å². The summed E-state index contributed by atoms with van der Waals surface area (Å²) in [7, 11) is 2.47. The van der Waals surface area contributed by atoms with E-state index in [4.69, 9.17) is 9.47 Å². The molecular weight excluding hydrogens is 488 g/mol. The molecular formula is C24H12F4N2O6. The van der Waals surface area contributed by atoms with Gasteiger partial charge in [-0.15, -0.1) is 0 Å². The first kappa shape index (κ1) is 23.0. The van der Waals surface area contributed by atoms with Crippen molar-refractivity contribution in [3.8, 4) is 23.0 Å². The monoisotopic (exact) mass is 500 g/mol. The molecule has 182 valence electrons. The van der Waals surface area contributed by atoms with Gasteiger partial charge in [-0.2, -0.15) is 17.6 Å². The van der Waals surface area contributed by atoms with Gasteiger partial charge in [0.05, 0.1) is 22.3 Å². The molecule has 0 atom stereocenters. The van der Waals surface area contributed by atoms with E-state index in [1.54, 1.807) is 0 Å². The van der Waals surface area contributed by atoms with Crippen LogP contribution in [0.1, 0.15) is 41.4 Å². The number of ether oxygens (including phenoxy) is 2. The molecule has 2 heterocycles. The molecule has 0 saturated heterocycles. The topological polar surface area (TPSA) is 93.2 Å². The minimum absolute atomic E-state index is 0.0256. The predicted molar refractivity (Wildman–Crippen MR) is 112 cm³/mol. The molecule has 12 heteroatoms. The highest BCUT2D eigenvalue weighted by Gasteiger charge is 2.35. The van der Waals surface area contributed by atoms with Gasteiger partial charge >= 0.3 is 0 Å². The highest BCUT2D eigenvalue weighted by atomic mass is 19.2. The van der Waals surface area contributed by atoms with Crippen molar-refractivity contribution in [2.24, 2.45) is 0 Å². The minimum Gasteiger partial charge on any atom is -0.451 e. The maximum atomic E-state index is 14.7. The van der Waals surface area contributed by atoms with Crippen molar-refractivity contribution in [2.45, 2.75) is 0 Å². The molecule has 0 N–H and O–H groups in total. The Bertz CT molecular complexity index is 1410. The largest absolute Gasteiger partial charge is 0.451 e. The van der Waals surface area contributed by atoms with Gasteiger partial charge in [0.25, 0.3) is 23.6 Å². The molecule has 3 aromatic rings. The van der Waals surface area contributed by atoms with Gasteiger partial charge in [0.1, 0.15) is 11.5 Å². The number of hydrogen-bond acceptors (Lipinski definition) is 6. The number of benzene rings is 3. The number of hydrogen-bond donors (Lipinski definition) is 0. The Labute approximate surface area is 199 Å². The second-order valence-corrected chi connectivity index (χ2v) is 7.87. The Kier molecular flexibility index (Phi) is 5.05. The van der Waals surface area contributed by atoms with Crippen molar-refractivity contribution in [1.82, 2.24) is 9.80 Å². The summed E-state index contributed by atoms with van der Waals surface area (Å²) in [5.41, 5.74) is -0.177. The fraction of sp³-hybridized carbons (Fsp3) is 0.0833. The van der Waals surface area contributed by atoms with Gasteiger partial charge in [0.2, 0.25) is 34.8 Å². The average Bonchev–Trinajstić information content (AvgIpc) is 3.22. The Hall–Kier alpha value is -4.74. The zero-order valence-corrected chi connectivity index (χ0v) is 18.3. The number of fused-ring (bicyclic) bond motifs is 2. The molecule has 8 nitrogen and oxygen atoms in total. The maximum absolute atomic E-state index is 14.7. The molecule has 2 aliphatic heterocycles. The molecule has 0 unspecified atom stereocenters. The van der Waals surface area contributed by atoms with E-state index < -0.39 is 58.4 Å². The number of imide groups is 2. The summed E-state index contributed by atoms with van der Waals surface area (Å²) < 4.78 is 68.9. The van der Waals surface area contributed by atoms with Gasteiger partial charge in [0.15, 0.2) is 0 Å². The van der Waals surface area contributed by atoms with E-state index in [1.165, 1.54) is 26.2 Å². The molecule has 2 aliphatic rings. The van der Waals surface area contributed by atoms with Crippen LogP contribution in [0.2, 0.25) is 0 Å². The smallest absolute Gasteiger partial charge is 0.261 e. The second-order valence-electron chi connectivity index (χ2n) is 7.87. The maximum Gasteiger partial charge on any atom is 0.261 e. The molecule has 0 aliphatic carbocycles. The van der Waals surface area contributed by atoms with Crippen molar-refractivity contribution in [1.29, 1.82) is 0 Å². The Morgan fingerprint density at radius 3 is 1.17 bits per heavy atom. The molecule has 0 bridgehead atoms. The lowest BCUT2D eigenvalue weighted by Gasteiger charge is -2.14. The van der Waals surface area contributed by atoms with Crippen LogP contribution in [0.4, 0.5) is 17.6 Å². The normalized spacial score (nSPS) is 14.5. The van der Waals surface area contributed by atoms with Crippen molar-refractivity contribution >= 4 is 23.6 Å². The third kappa shape index (κ3) is 3.21. The number of carbonyl (C=O) groups excluding carboxylic acids is 4. The molecule has 4 amide bonds. The van der Waals surface area contributed by atoms with E-state index in [2.05, 4.69) is 0 Å². The first-order valence-electron chi connectivity index (χ1n) is 10.2. The van der Waals surface area contributed by atoms with Crippen LogP contribution in [-0.4, -0.2) is 47.5 Å². The highest BCUT2D eigenvalue weighted by molar-refractivity contribution is 6.22. The summed E-state index contributed by atoms with van der Waals surface area (Å²) in [4.78, 5) is 49.8. The number of halogens is 4. The SMILES string of the molecule is CN1C(=O)c2ccc(Oc3c(F)c(F)c(Oc4ccc5c(c4)C(=O)N(C)C5=O)c(F)c3F)cc2C1=O. The summed E-state index contributed by atoms with van der Waals surface area (Å²) in [5, 5.41) is 0. The standard InChI is InChI=1S/C24H12F4N2O6/c1-29-21(31)11-5-3-9(7-13(11)23(29)33)35-19-15(25)17(27)20(18(28)16(19)26)36-10-4-6-12-14(8-10)24(34)30(2)22(12)32/h3-8H,1-2H3. The van der Waals surface area contributed by atoms with Crippen molar-refractivity contribution in [2.75, 3.05) is 14.1 Å². The van der Waals surface area contributed by atoms with Gasteiger partial charge < -0.3 is 9.47 Å². The Morgan fingerprint density at radius 1 is 0.528 bits per heavy atom. The number of rotatable bonds is 4. The quantitative estimate of drug-likeness (QED) is 0.302. The van der Waals surface area contributed by atoms with Crippen LogP contribution in [0.25, 0.3) is 0 Å². The zero-order valence-electron chi connectivity index (χ0n) is 18.3. The highest BCUT2D eigenvalue weighted by Crippen LogP contribution is 2.40. The van der Waals surface area contributed by atoms with Crippen LogP contribution in [0.3, 0.4) is 0 Å². The van der Waals surface area contributed by atoms with Crippen molar-refractivity contribution < 1.29 is 46.2 Å². The van der Waals surface area contributed by atoms with Crippen LogP contribution in [-0.2, 0) is 0 Å². The van der Waals surface area contributed by atoms with E-state index in [0.717, 1.165) is 34.1 Å². The second kappa shape index (κ2) is 7.90. The average molecular weight is 500 g/mol. The third-order valence-corrected chi connectivity index (χ3v) is 5.74. The predicted octanol–water partition coefficient (Wildman–Crippen LogP) is 4.28. The molecule has 0 fully saturated rings. The van der Waals surface area contributed by atoms with Gasteiger partial charge in [-0.25, -0.2) is 0 Å². The number of amides is 4. The van der Waals surface area contributed by atoms with E-state index >= 15 is 0 Å². The van der Waals surface area contributed by atoms with Gasteiger partial charge in [0, 0.05) is 14.1 Å². The van der Waals surface area contributed by atoms with Crippen LogP contribution in [0.15, 0.2) is 36.4 Å². The molecule has 0 aromatic heterocycles. The zero-order chi connectivity index (χ0) is 26.0. The molecule has 3 aromatic carbocycles. The van der Waals surface area contributed by atoms with Gasteiger partial charge in [-0.05, 0) is 36.4 Å². The number of nitrogens with zero attached hydrogens (tertiary/aromatic N) is 2. The van der Waals surface area contributed by atoms with E-state index in [9.17, 15) is 36.7 Å². The van der Waals surface area contributed by atoms with Crippen molar-refractivity contribution in [3.63, 3.8) is 0 Å². The lowest BCUT2D eigenvalue weighted by molar-refractivity contribution is 0.0677. The van der Waals surface area contributed by atoms with Gasteiger partial charge in [-0.1, -0.05) is 0 Å². The van der Waals surface area contributed by atoms with Crippen molar-refractivity contribution in [3.05, 3.63) is 81.9 Å². The molecule has 5 rings (SSSR count). The number of carbonyl (C=O) groups is 4.